The van der Waals surface area contributed by atoms with Crippen molar-refractivity contribution in [2.45, 2.75) is 12.8 Å². The first-order chi connectivity index (χ1) is 8.43. The normalized spacial score (nSPS) is 15.2. The molecule has 0 radical (unpaired) electrons. The van der Waals surface area contributed by atoms with Gasteiger partial charge in [0.05, 0.1) is 5.69 Å². The molecule has 0 amide bonds. The van der Waals surface area contributed by atoms with E-state index >= 15 is 0 Å². The van der Waals surface area contributed by atoms with Crippen molar-refractivity contribution in [3.05, 3.63) is 36.8 Å². The molecule has 86 valence electrons. The highest BCUT2D eigenvalue weighted by Gasteiger charge is 2.14. The molecule has 2 aromatic rings. The van der Waals surface area contributed by atoms with Crippen molar-refractivity contribution in [2.24, 2.45) is 0 Å². The molecule has 0 aliphatic carbocycles. The lowest BCUT2D eigenvalue weighted by molar-refractivity contribution is 0.898. The van der Waals surface area contributed by atoms with Gasteiger partial charge in [-0.05, 0) is 25.0 Å². The van der Waals surface area contributed by atoms with Crippen LogP contribution in [0.15, 0.2) is 36.8 Å². The maximum absolute atomic E-state index is 4.41. The zero-order chi connectivity index (χ0) is 11.5. The molecule has 0 spiro atoms. The highest BCUT2D eigenvalue weighted by molar-refractivity contribution is 5.57. The summed E-state index contributed by atoms with van der Waals surface area (Å²) in [6.45, 7) is 2.14. The topological polar surface area (TPSA) is 41.9 Å². The average Bonchev–Trinajstić information content (AvgIpc) is 2.94. The van der Waals surface area contributed by atoms with Gasteiger partial charge in [-0.2, -0.15) is 0 Å². The minimum Gasteiger partial charge on any atom is -0.341 e. The minimum absolute atomic E-state index is 0.835. The summed E-state index contributed by atoms with van der Waals surface area (Å²) in [5, 5.41) is 0. The summed E-state index contributed by atoms with van der Waals surface area (Å²) in [5.74, 6) is 0.835. The Labute approximate surface area is 100 Å². The second-order valence-corrected chi connectivity index (χ2v) is 4.18. The van der Waals surface area contributed by atoms with Gasteiger partial charge in [0.15, 0.2) is 0 Å². The van der Waals surface area contributed by atoms with Crippen LogP contribution in [-0.2, 0) is 0 Å². The summed E-state index contributed by atoms with van der Waals surface area (Å²) in [4.78, 5) is 15.3. The molecule has 0 atom stereocenters. The van der Waals surface area contributed by atoms with Crippen LogP contribution >= 0.6 is 0 Å². The van der Waals surface area contributed by atoms with Crippen molar-refractivity contribution >= 4 is 5.95 Å². The van der Waals surface area contributed by atoms with Crippen LogP contribution in [0.4, 0.5) is 5.95 Å². The Kier molecular flexibility index (Phi) is 2.69. The molecule has 2 aromatic heterocycles. The van der Waals surface area contributed by atoms with Gasteiger partial charge in [0.1, 0.15) is 0 Å². The Morgan fingerprint density at radius 2 is 1.71 bits per heavy atom. The molecule has 4 heteroatoms. The van der Waals surface area contributed by atoms with Gasteiger partial charge in [0.2, 0.25) is 5.95 Å². The van der Waals surface area contributed by atoms with E-state index < -0.39 is 0 Å². The van der Waals surface area contributed by atoms with Crippen molar-refractivity contribution in [1.82, 2.24) is 15.0 Å². The van der Waals surface area contributed by atoms with Gasteiger partial charge in [0.25, 0.3) is 0 Å². The van der Waals surface area contributed by atoms with E-state index in [9.17, 15) is 0 Å². The maximum atomic E-state index is 4.41. The van der Waals surface area contributed by atoms with Crippen LogP contribution < -0.4 is 4.90 Å². The zero-order valence-electron chi connectivity index (χ0n) is 9.58. The standard InChI is InChI=1S/C13H14N4/c1-2-6-14-12(5-1)11-9-15-13(16-10-11)17-7-3-4-8-17/h1-2,5-6,9-10H,3-4,7-8H2. The SMILES string of the molecule is c1ccc(-c2cnc(N3CCCC3)nc2)nc1. The number of aromatic nitrogens is 3. The zero-order valence-corrected chi connectivity index (χ0v) is 9.58. The number of rotatable bonds is 2. The van der Waals surface area contributed by atoms with Crippen LogP contribution in [0, 0.1) is 0 Å². The van der Waals surface area contributed by atoms with Crippen molar-refractivity contribution in [2.75, 3.05) is 18.0 Å². The molecule has 0 unspecified atom stereocenters. The Bertz CT molecular complexity index is 475. The molecule has 0 bridgehead atoms. The van der Waals surface area contributed by atoms with Crippen LogP contribution in [0.25, 0.3) is 11.3 Å². The molecule has 1 aliphatic heterocycles. The van der Waals surface area contributed by atoms with Crippen molar-refractivity contribution < 1.29 is 0 Å². The third-order valence-corrected chi connectivity index (χ3v) is 2.99. The minimum atomic E-state index is 0.835. The van der Waals surface area contributed by atoms with Gasteiger partial charge in [0, 0.05) is 37.2 Å². The number of hydrogen-bond acceptors (Lipinski definition) is 4. The van der Waals surface area contributed by atoms with E-state index in [-0.39, 0.29) is 0 Å². The van der Waals surface area contributed by atoms with E-state index in [1.54, 1.807) is 6.20 Å². The highest BCUT2D eigenvalue weighted by Crippen LogP contribution is 2.18. The van der Waals surface area contributed by atoms with Gasteiger partial charge in [-0.1, -0.05) is 6.07 Å². The molecule has 3 heterocycles. The van der Waals surface area contributed by atoms with Crippen LogP contribution in [0.5, 0.6) is 0 Å². The third kappa shape index (κ3) is 2.11. The van der Waals surface area contributed by atoms with Gasteiger partial charge >= 0.3 is 0 Å². The molecule has 0 aromatic carbocycles. The average molecular weight is 226 g/mol. The van der Waals surface area contributed by atoms with E-state index in [1.807, 2.05) is 30.6 Å². The predicted octanol–water partition coefficient (Wildman–Crippen LogP) is 2.14. The monoisotopic (exact) mass is 226 g/mol. The molecule has 0 saturated carbocycles. The van der Waals surface area contributed by atoms with Crippen molar-refractivity contribution in [1.29, 1.82) is 0 Å². The molecule has 1 aliphatic rings. The number of pyridine rings is 1. The summed E-state index contributed by atoms with van der Waals surface area (Å²) in [6, 6.07) is 5.84. The first kappa shape index (κ1) is 10.2. The third-order valence-electron chi connectivity index (χ3n) is 2.99. The van der Waals surface area contributed by atoms with E-state index in [4.69, 9.17) is 0 Å². The molecule has 17 heavy (non-hydrogen) atoms. The molecule has 1 saturated heterocycles. The van der Waals surface area contributed by atoms with Crippen molar-refractivity contribution in [3.8, 4) is 11.3 Å². The smallest absolute Gasteiger partial charge is 0.225 e. The largest absolute Gasteiger partial charge is 0.341 e. The Morgan fingerprint density at radius 3 is 2.35 bits per heavy atom. The first-order valence-electron chi connectivity index (χ1n) is 5.92. The van der Waals surface area contributed by atoms with E-state index in [1.165, 1.54) is 12.8 Å². The number of anilines is 1. The Morgan fingerprint density at radius 1 is 0.941 bits per heavy atom. The molecule has 0 N–H and O–H groups in total. The van der Waals surface area contributed by atoms with Crippen LogP contribution in [0.2, 0.25) is 0 Å². The quantitative estimate of drug-likeness (QED) is 0.786. The van der Waals surface area contributed by atoms with Gasteiger partial charge < -0.3 is 4.90 Å². The van der Waals surface area contributed by atoms with Gasteiger partial charge in [-0.15, -0.1) is 0 Å². The fraction of sp³-hybridized carbons (Fsp3) is 0.308. The maximum Gasteiger partial charge on any atom is 0.225 e. The summed E-state index contributed by atoms with van der Waals surface area (Å²) in [5.41, 5.74) is 1.88. The lowest BCUT2D eigenvalue weighted by Crippen LogP contribution is -2.20. The van der Waals surface area contributed by atoms with E-state index in [0.29, 0.717) is 0 Å². The van der Waals surface area contributed by atoms with Crippen LogP contribution in [-0.4, -0.2) is 28.0 Å². The second-order valence-electron chi connectivity index (χ2n) is 4.18. The van der Waals surface area contributed by atoms with Gasteiger partial charge in [-0.3, -0.25) is 4.98 Å². The molecule has 4 nitrogen and oxygen atoms in total. The molecular formula is C13H14N4. The number of nitrogens with zero attached hydrogens (tertiary/aromatic N) is 4. The fourth-order valence-corrected chi connectivity index (χ4v) is 2.07. The van der Waals surface area contributed by atoms with E-state index in [2.05, 4.69) is 19.9 Å². The van der Waals surface area contributed by atoms with Crippen LogP contribution in [0.3, 0.4) is 0 Å². The first-order valence-corrected chi connectivity index (χ1v) is 5.92. The van der Waals surface area contributed by atoms with Crippen LogP contribution in [0.1, 0.15) is 12.8 Å². The second kappa shape index (κ2) is 4.49. The van der Waals surface area contributed by atoms with Gasteiger partial charge in [-0.25, -0.2) is 9.97 Å². The summed E-state index contributed by atoms with van der Waals surface area (Å²) < 4.78 is 0. The highest BCUT2D eigenvalue weighted by atomic mass is 15.3. The summed E-state index contributed by atoms with van der Waals surface area (Å²) in [7, 11) is 0. The lowest BCUT2D eigenvalue weighted by atomic mass is 10.2. The lowest BCUT2D eigenvalue weighted by Gasteiger charge is -2.14. The number of hydrogen-bond donors (Lipinski definition) is 0. The Hall–Kier alpha value is -1.97. The fourth-order valence-electron chi connectivity index (χ4n) is 2.07. The molecule has 1 fully saturated rings. The summed E-state index contributed by atoms with van der Waals surface area (Å²) >= 11 is 0. The molecule has 3 rings (SSSR count). The molecular weight excluding hydrogens is 212 g/mol. The van der Waals surface area contributed by atoms with E-state index in [0.717, 1.165) is 30.3 Å². The summed E-state index contributed by atoms with van der Waals surface area (Å²) in [6.07, 6.45) is 7.96. The predicted molar refractivity (Wildman–Crippen MR) is 66.7 cm³/mol. The van der Waals surface area contributed by atoms with Crippen molar-refractivity contribution in [3.63, 3.8) is 0 Å². The Balaban J connectivity index is 1.85.